The zero-order chi connectivity index (χ0) is 14.0. The van der Waals surface area contributed by atoms with E-state index < -0.39 is 4.92 Å². The average Bonchev–Trinajstić information content (AvgIpc) is 2.32. The van der Waals surface area contributed by atoms with E-state index in [9.17, 15) is 10.1 Å². The number of hydrogen-bond donors (Lipinski definition) is 2. The van der Waals surface area contributed by atoms with Gasteiger partial charge in [0.1, 0.15) is 6.33 Å². The second-order valence-corrected chi connectivity index (χ2v) is 4.71. The summed E-state index contributed by atoms with van der Waals surface area (Å²) >= 11 is 3.35. The lowest BCUT2D eigenvalue weighted by atomic mass is 10.2. The van der Waals surface area contributed by atoms with Crippen LogP contribution in [0.2, 0.25) is 0 Å². The van der Waals surface area contributed by atoms with Crippen molar-refractivity contribution in [3.8, 4) is 0 Å². The lowest BCUT2D eigenvalue weighted by Crippen LogP contribution is -2.05. The lowest BCUT2D eigenvalue weighted by molar-refractivity contribution is -0.383. The summed E-state index contributed by atoms with van der Waals surface area (Å²) in [4.78, 5) is 17.8. The van der Waals surface area contributed by atoms with Crippen LogP contribution in [0, 0.1) is 17.0 Å². The molecule has 3 N–H and O–H groups in total. The van der Waals surface area contributed by atoms with Crippen LogP contribution in [0.3, 0.4) is 0 Å². The van der Waals surface area contributed by atoms with Crippen molar-refractivity contribution in [1.29, 1.82) is 0 Å². The molecule has 0 unspecified atom stereocenters. The minimum Gasteiger partial charge on any atom is -0.378 e. The molecule has 0 bridgehead atoms. The van der Waals surface area contributed by atoms with Crippen molar-refractivity contribution < 1.29 is 4.92 Å². The third-order valence-electron chi connectivity index (χ3n) is 2.47. The molecule has 19 heavy (non-hydrogen) atoms. The monoisotopic (exact) mass is 323 g/mol. The van der Waals surface area contributed by atoms with E-state index in [1.165, 1.54) is 6.33 Å². The van der Waals surface area contributed by atoms with Gasteiger partial charge in [-0.1, -0.05) is 15.9 Å². The molecular weight excluding hydrogens is 314 g/mol. The maximum atomic E-state index is 11.0. The Morgan fingerprint density at radius 1 is 1.42 bits per heavy atom. The molecule has 0 radical (unpaired) electrons. The molecule has 7 nitrogen and oxygen atoms in total. The molecule has 0 spiro atoms. The summed E-state index contributed by atoms with van der Waals surface area (Å²) in [6, 6.07) is 5.51. The number of aromatic nitrogens is 2. The summed E-state index contributed by atoms with van der Waals surface area (Å²) < 4.78 is 0.923. The summed E-state index contributed by atoms with van der Waals surface area (Å²) in [6.45, 7) is 1.88. The highest BCUT2D eigenvalue weighted by molar-refractivity contribution is 9.10. The average molecular weight is 324 g/mol. The van der Waals surface area contributed by atoms with Crippen LogP contribution in [0.4, 0.5) is 23.0 Å². The summed E-state index contributed by atoms with van der Waals surface area (Å²) in [7, 11) is 0. The van der Waals surface area contributed by atoms with Gasteiger partial charge in [0.25, 0.3) is 0 Å². The van der Waals surface area contributed by atoms with Gasteiger partial charge >= 0.3 is 5.69 Å². The Kier molecular flexibility index (Phi) is 3.61. The third-order valence-corrected chi connectivity index (χ3v) is 2.97. The van der Waals surface area contributed by atoms with E-state index in [1.807, 2.05) is 19.1 Å². The van der Waals surface area contributed by atoms with Crippen LogP contribution in [0.15, 0.2) is 29.0 Å². The number of hydrogen-bond acceptors (Lipinski definition) is 6. The fourth-order valence-corrected chi connectivity index (χ4v) is 2.03. The molecule has 0 fully saturated rings. The number of nitro groups is 1. The zero-order valence-electron chi connectivity index (χ0n) is 9.92. The van der Waals surface area contributed by atoms with Gasteiger partial charge in [-0.25, -0.2) is 9.97 Å². The van der Waals surface area contributed by atoms with Gasteiger partial charge in [-0.3, -0.25) is 10.1 Å². The van der Waals surface area contributed by atoms with Crippen LogP contribution < -0.4 is 11.1 Å². The summed E-state index contributed by atoms with van der Waals surface area (Å²) in [6.07, 6.45) is 1.18. The van der Waals surface area contributed by atoms with E-state index in [2.05, 4.69) is 31.2 Å². The number of anilines is 3. The number of nitrogens with one attached hydrogen (secondary N) is 1. The fraction of sp³-hybridized carbons (Fsp3) is 0.0909. The Hall–Kier alpha value is -2.22. The minimum absolute atomic E-state index is 0.0722. The molecule has 0 amide bonds. The van der Waals surface area contributed by atoms with Gasteiger partial charge in [-0.05, 0) is 30.7 Å². The molecule has 0 aliphatic heterocycles. The van der Waals surface area contributed by atoms with Crippen molar-refractivity contribution in [2.75, 3.05) is 11.1 Å². The molecule has 1 aromatic heterocycles. The summed E-state index contributed by atoms with van der Waals surface area (Å²) in [5.41, 5.74) is 6.80. The quantitative estimate of drug-likeness (QED) is 0.664. The zero-order valence-corrected chi connectivity index (χ0v) is 11.5. The van der Waals surface area contributed by atoms with Crippen LogP contribution in [-0.4, -0.2) is 14.9 Å². The van der Waals surface area contributed by atoms with Crippen LogP contribution in [0.1, 0.15) is 5.56 Å². The predicted molar refractivity (Wildman–Crippen MR) is 75.3 cm³/mol. The Morgan fingerprint density at radius 3 is 2.79 bits per heavy atom. The van der Waals surface area contributed by atoms with Crippen molar-refractivity contribution in [3.05, 3.63) is 44.7 Å². The molecule has 2 rings (SSSR count). The SMILES string of the molecule is Cc1cc(Br)ccc1Nc1ncnc(N)c1[N+](=O)[O-]. The maximum absolute atomic E-state index is 11.0. The van der Waals surface area contributed by atoms with Crippen molar-refractivity contribution in [2.24, 2.45) is 0 Å². The van der Waals surface area contributed by atoms with Crippen LogP contribution in [0.25, 0.3) is 0 Å². The number of aryl methyl sites for hydroxylation is 1. The van der Waals surface area contributed by atoms with Gasteiger partial charge in [-0.15, -0.1) is 0 Å². The standard InChI is InChI=1S/C11H10BrN5O2/c1-6-4-7(12)2-3-8(6)16-11-9(17(18)19)10(13)14-5-15-11/h2-5H,1H3,(H3,13,14,15,16). The first kappa shape index (κ1) is 13.2. The van der Waals surface area contributed by atoms with E-state index in [1.54, 1.807) is 6.07 Å². The first-order chi connectivity index (χ1) is 8.99. The highest BCUT2D eigenvalue weighted by Crippen LogP contribution is 2.30. The predicted octanol–water partition coefficient (Wildman–Crippen LogP) is 2.78. The van der Waals surface area contributed by atoms with Crippen LogP contribution >= 0.6 is 15.9 Å². The molecule has 0 saturated carbocycles. The molecule has 0 saturated heterocycles. The highest BCUT2D eigenvalue weighted by Gasteiger charge is 2.21. The van der Waals surface area contributed by atoms with E-state index in [0.717, 1.165) is 10.0 Å². The van der Waals surface area contributed by atoms with E-state index >= 15 is 0 Å². The van der Waals surface area contributed by atoms with Crippen molar-refractivity contribution in [2.45, 2.75) is 6.92 Å². The molecule has 0 aliphatic carbocycles. The van der Waals surface area contributed by atoms with E-state index in [-0.39, 0.29) is 17.3 Å². The summed E-state index contributed by atoms with van der Waals surface area (Å²) in [5.74, 6) is -0.0970. The molecule has 1 heterocycles. The van der Waals surface area contributed by atoms with Gasteiger partial charge < -0.3 is 11.1 Å². The van der Waals surface area contributed by atoms with Gasteiger partial charge in [0.2, 0.25) is 11.6 Å². The molecule has 98 valence electrons. The number of nitrogens with two attached hydrogens (primary N) is 1. The lowest BCUT2D eigenvalue weighted by Gasteiger charge is -2.09. The van der Waals surface area contributed by atoms with Gasteiger partial charge in [0.05, 0.1) is 4.92 Å². The number of halogens is 1. The maximum Gasteiger partial charge on any atom is 0.353 e. The fourth-order valence-electron chi connectivity index (χ4n) is 1.56. The van der Waals surface area contributed by atoms with Gasteiger partial charge in [0, 0.05) is 10.2 Å². The second-order valence-electron chi connectivity index (χ2n) is 3.80. The largest absolute Gasteiger partial charge is 0.378 e. The van der Waals surface area contributed by atoms with Crippen LogP contribution in [-0.2, 0) is 0 Å². The number of rotatable bonds is 3. The Balaban J connectivity index is 2.44. The Bertz CT molecular complexity index is 647. The third kappa shape index (κ3) is 2.79. The molecule has 0 atom stereocenters. The summed E-state index contributed by atoms with van der Waals surface area (Å²) in [5, 5.41) is 13.9. The van der Waals surface area contributed by atoms with E-state index in [0.29, 0.717) is 5.69 Å². The van der Waals surface area contributed by atoms with E-state index in [4.69, 9.17) is 5.73 Å². The van der Waals surface area contributed by atoms with Crippen molar-refractivity contribution in [1.82, 2.24) is 9.97 Å². The molecule has 8 heteroatoms. The first-order valence-corrected chi connectivity index (χ1v) is 6.06. The smallest absolute Gasteiger partial charge is 0.353 e. The molecule has 2 aromatic rings. The Labute approximate surface area is 117 Å². The topological polar surface area (TPSA) is 107 Å². The van der Waals surface area contributed by atoms with Gasteiger partial charge in [-0.2, -0.15) is 0 Å². The Morgan fingerprint density at radius 2 is 2.16 bits per heavy atom. The van der Waals surface area contributed by atoms with Crippen molar-refractivity contribution in [3.63, 3.8) is 0 Å². The molecule has 0 aliphatic rings. The highest BCUT2D eigenvalue weighted by atomic mass is 79.9. The minimum atomic E-state index is -0.605. The molecule has 1 aromatic carbocycles. The van der Waals surface area contributed by atoms with Gasteiger partial charge in [0.15, 0.2) is 0 Å². The number of benzene rings is 1. The second kappa shape index (κ2) is 5.19. The number of nitrogens with zero attached hydrogens (tertiary/aromatic N) is 3. The normalized spacial score (nSPS) is 10.2. The first-order valence-electron chi connectivity index (χ1n) is 5.27. The van der Waals surface area contributed by atoms with Crippen LogP contribution in [0.5, 0.6) is 0 Å². The molecular formula is C11H10BrN5O2. The number of nitrogen functional groups attached to an aromatic ring is 1. The van der Waals surface area contributed by atoms with Crippen molar-refractivity contribution >= 4 is 38.9 Å².